The lowest BCUT2D eigenvalue weighted by Crippen LogP contribution is -1.89. The van der Waals surface area contributed by atoms with Crippen LogP contribution in [0.1, 0.15) is 0 Å². The molecule has 3 nitrogen and oxygen atoms in total. The third-order valence-electron chi connectivity index (χ3n) is 2.16. The zero-order chi connectivity index (χ0) is 10.8. The van der Waals surface area contributed by atoms with Gasteiger partial charge in [-0.3, -0.25) is 4.68 Å². The number of benzene rings is 1. The highest BCUT2D eigenvalue weighted by molar-refractivity contribution is 9.10. The van der Waals surface area contributed by atoms with Gasteiger partial charge in [0.2, 0.25) is 0 Å². The van der Waals surface area contributed by atoms with Crippen molar-refractivity contribution in [2.24, 2.45) is 7.05 Å². The minimum atomic E-state index is 0.828. The van der Waals surface area contributed by atoms with Crippen molar-refractivity contribution in [3.63, 3.8) is 0 Å². The first kappa shape index (κ1) is 10.2. The van der Waals surface area contributed by atoms with Gasteiger partial charge in [0.05, 0.1) is 17.3 Å². The van der Waals surface area contributed by atoms with Crippen LogP contribution in [0.4, 0.5) is 0 Å². The number of hydrogen-bond acceptors (Lipinski definition) is 2. The lowest BCUT2D eigenvalue weighted by molar-refractivity contribution is 0.412. The van der Waals surface area contributed by atoms with Gasteiger partial charge in [0.15, 0.2) is 0 Å². The summed E-state index contributed by atoms with van der Waals surface area (Å²) < 4.78 is 7.89. The highest BCUT2D eigenvalue weighted by atomic mass is 79.9. The fourth-order valence-electron chi connectivity index (χ4n) is 1.39. The van der Waals surface area contributed by atoms with Gasteiger partial charge in [0.25, 0.3) is 0 Å². The molecule has 0 saturated carbocycles. The molecule has 1 aromatic carbocycles. The molecule has 0 N–H and O–H groups in total. The molecule has 1 heterocycles. The highest BCUT2D eigenvalue weighted by Gasteiger charge is 2.05. The number of aromatic nitrogens is 2. The number of aryl methyl sites for hydroxylation is 1. The SMILES string of the molecule is COc1ccc(-c2ccn(C)n2)cc1Br. The first-order valence-electron chi connectivity index (χ1n) is 4.54. The van der Waals surface area contributed by atoms with Crippen molar-refractivity contribution < 1.29 is 4.74 Å². The number of nitrogens with zero attached hydrogens (tertiary/aromatic N) is 2. The number of halogens is 1. The van der Waals surface area contributed by atoms with Crippen molar-refractivity contribution in [3.05, 3.63) is 34.9 Å². The summed E-state index contributed by atoms with van der Waals surface area (Å²) in [6, 6.07) is 7.90. The molecule has 15 heavy (non-hydrogen) atoms. The molecule has 0 aliphatic carbocycles. The van der Waals surface area contributed by atoms with Crippen LogP contribution in [-0.4, -0.2) is 16.9 Å². The average molecular weight is 267 g/mol. The quantitative estimate of drug-likeness (QED) is 0.836. The molecular formula is C11H11BrN2O. The Morgan fingerprint density at radius 3 is 2.67 bits per heavy atom. The number of ether oxygens (including phenoxy) is 1. The van der Waals surface area contributed by atoms with Gasteiger partial charge in [0.1, 0.15) is 5.75 Å². The van der Waals surface area contributed by atoms with Gasteiger partial charge in [-0.1, -0.05) is 0 Å². The van der Waals surface area contributed by atoms with Crippen molar-refractivity contribution in [1.82, 2.24) is 9.78 Å². The minimum absolute atomic E-state index is 0.828. The van der Waals surface area contributed by atoms with E-state index in [0.29, 0.717) is 0 Å². The third kappa shape index (κ3) is 2.04. The molecule has 0 fully saturated rings. The minimum Gasteiger partial charge on any atom is -0.496 e. The van der Waals surface area contributed by atoms with Crippen LogP contribution in [-0.2, 0) is 7.05 Å². The zero-order valence-electron chi connectivity index (χ0n) is 8.57. The summed E-state index contributed by atoms with van der Waals surface area (Å²) >= 11 is 3.45. The molecule has 1 aromatic heterocycles. The molecule has 0 radical (unpaired) electrons. The smallest absolute Gasteiger partial charge is 0.133 e. The maximum absolute atomic E-state index is 5.17. The van der Waals surface area contributed by atoms with Crippen LogP contribution in [0.3, 0.4) is 0 Å². The molecule has 0 amide bonds. The van der Waals surface area contributed by atoms with E-state index in [4.69, 9.17) is 4.74 Å². The van der Waals surface area contributed by atoms with Crippen molar-refractivity contribution in [3.8, 4) is 17.0 Å². The van der Waals surface area contributed by atoms with E-state index in [2.05, 4.69) is 21.0 Å². The van der Waals surface area contributed by atoms with Crippen molar-refractivity contribution >= 4 is 15.9 Å². The molecule has 78 valence electrons. The third-order valence-corrected chi connectivity index (χ3v) is 2.78. The van der Waals surface area contributed by atoms with E-state index < -0.39 is 0 Å². The molecule has 0 aliphatic heterocycles. The lowest BCUT2D eigenvalue weighted by atomic mass is 10.1. The van der Waals surface area contributed by atoms with Crippen LogP contribution in [0.2, 0.25) is 0 Å². The monoisotopic (exact) mass is 266 g/mol. The Morgan fingerprint density at radius 2 is 2.13 bits per heavy atom. The Labute approximate surface area is 96.8 Å². The fraction of sp³-hybridized carbons (Fsp3) is 0.182. The molecule has 0 unspecified atom stereocenters. The summed E-state index contributed by atoms with van der Waals surface area (Å²) in [4.78, 5) is 0. The van der Waals surface area contributed by atoms with Crippen molar-refractivity contribution in [2.45, 2.75) is 0 Å². The number of rotatable bonds is 2. The van der Waals surface area contributed by atoms with E-state index >= 15 is 0 Å². The van der Waals surface area contributed by atoms with Crippen molar-refractivity contribution in [2.75, 3.05) is 7.11 Å². The van der Waals surface area contributed by atoms with Crippen LogP contribution in [0.5, 0.6) is 5.75 Å². The Balaban J connectivity index is 2.42. The summed E-state index contributed by atoms with van der Waals surface area (Å²) in [5.41, 5.74) is 2.03. The van der Waals surface area contributed by atoms with Crippen LogP contribution in [0.15, 0.2) is 34.9 Å². The Hall–Kier alpha value is -1.29. The zero-order valence-corrected chi connectivity index (χ0v) is 10.2. The molecule has 2 aromatic rings. The molecule has 0 saturated heterocycles. The van der Waals surface area contributed by atoms with Gasteiger partial charge in [-0.2, -0.15) is 5.10 Å². The predicted octanol–water partition coefficient (Wildman–Crippen LogP) is 2.86. The van der Waals surface area contributed by atoms with Crippen LogP contribution in [0.25, 0.3) is 11.3 Å². The summed E-state index contributed by atoms with van der Waals surface area (Å²) in [6.45, 7) is 0. The Bertz CT molecular complexity index is 479. The normalized spacial score (nSPS) is 10.3. The van der Waals surface area contributed by atoms with Gasteiger partial charge in [-0.05, 0) is 40.2 Å². The second-order valence-corrected chi connectivity index (χ2v) is 4.08. The van der Waals surface area contributed by atoms with Gasteiger partial charge in [-0.15, -0.1) is 0 Å². The van der Waals surface area contributed by atoms with Crippen molar-refractivity contribution in [1.29, 1.82) is 0 Å². The van der Waals surface area contributed by atoms with Gasteiger partial charge >= 0.3 is 0 Å². The summed E-state index contributed by atoms with van der Waals surface area (Å²) in [7, 11) is 3.56. The number of hydrogen-bond donors (Lipinski definition) is 0. The lowest BCUT2D eigenvalue weighted by Gasteiger charge is -2.04. The van der Waals surface area contributed by atoms with Gasteiger partial charge in [0, 0.05) is 18.8 Å². The van der Waals surface area contributed by atoms with Crippen LogP contribution in [0, 0.1) is 0 Å². The van der Waals surface area contributed by atoms with Gasteiger partial charge in [-0.25, -0.2) is 0 Å². The molecule has 0 aliphatic rings. The topological polar surface area (TPSA) is 27.1 Å². The van der Waals surface area contributed by atoms with E-state index in [1.54, 1.807) is 11.8 Å². The van der Waals surface area contributed by atoms with E-state index in [1.807, 2.05) is 37.5 Å². The molecule has 0 atom stereocenters. The maximum atomic E-state index is 5.17. The highest BCUT2D eigenvalue weighted by Crippen LogP contribution is 2.29. The summed E-state index contributed by atoms with van der Waals surface area (Å²) in [5, 5.41) is 4.33. The molecule has 4 heteroatoms. The second kappa shape index (κ2) is 4.06. The summed E-state index contributed by atoms with van der Waals surface area (Å²) in [6.07, 6.45) is 1.92. The van der Waals surface area contributed by atoms with Gasteiger partial charge < -0.3 is 4.74 Å². The van der Waals surface area contributed by atoms with E-state index in [-0.39, 0.29) is 0 Å². The molecule has 0 spiro atoms. The number of methoxy groups -OCH3 is 1. The average Bonchev–Trinajstić information content (AvgIpc) is 2.65. The Kier molecular flexibility index (Phi) is 2.77. The first-order valence-corrected chi connectivity index (χ1v) is 5.33. The first-order chi connectivity index (χ1) is 7.20. The molecule has 0 bridgehead atoms. The largest absolute Gasteiger partial charge is 0.496 e. The second-order valence-electron chi connectivity index (χ2n) is 3.22. The van der Waals surface area contributed by atoms with Crippen LogP contribution >= 0.6 is 15.9 Å². The molecular weight excluding hydrogens is 256 g/mol. The van der Waals surface area contributed by atoms with Crippen LogP contribution < -0.4 is 4.74 Å². The molecule has 2 rings (SSSR count). The fourth-order valence-corrected chi connectivity index (χ4v) is 1.94. The van der Waals surface area contributed by atoms with E-state index in [9.17, 15) is 0 Å². The van der Waals surface area contributed by atoms with E-state index in [1.165, 1.54) is 0 Å². The maximum Gasteiger partial charge on any atom is 0.133 e. The Morgan fingerprint density at radius 1 is 1.33 bits per heavy atom. The predicted molar refractivity (Wildman–Crippen MR) is 62.9 cm³/mol. The standard InChI is InChI=1S/C11H11BrN2O/c1-14-6-5-10(13-14)8-3-4-11(15-2)9(12)7-8/h3-7H,1-2H3. The van der Waals surface area contributed by atoms with E-state index in [0.717, 1.165) is 21.5 Å². The summed E-state index contributed by atoms with van der Waals surface area (Å²) in [5.74, 6) is 0.828.